The molecule has 1 aromatic carbocycles. The van der Waals surface area contributed by atoms with E-state index in [4.69, 9.17) is 4.74 Å². The number of amides is 2. The molecular weight excluding hydrogens is 304 g/mol. The summed E-state index contributed by atoms with van der Waals surface area (Å²) in [6.45, 7) is 1.38. The van der Waals surface area contributed by atoms with E-state index < -0.39 is 0 Å². The largest absolute Gasteiger partial charge is 0.396 e. The molecule has 5 heteroatoms. The first-order chi connectivity index (χ1) is 11.7. The number of ether oxygens (including phenoxy) is 1. The van der Waals surface area contributed by atoms with E-state index in [-0.39, 0.29) is 30.1 Å². The van der Waals surface area contributed by atoms with Crippen LogP contribution in [-0.2, 0) is 4.74 Å². The van der Waals surface area contributed by atoms with Gasteiger partial charge in [0.15, 0.2) is 0 Å². The fraction of sp³-hybridized carbons (Fsp3) is 0.632. The average Bonchev–Trinajstić information content (AvgIpc) is 3.14. The predicted octanol–water partition coefficient (Wildman–Crippen LogP) is 2.76. The first-order valence-corrected chi connectivity index (χ1v) is 9.04. The smallest absolute Gasteiger partial charge is 0.315 e. The number of aliphatic hydroxyl groups excluding tert-OH is 1. The van der Waals surface area contributed by atoms with E-state index in [1.165, 1.54) is 6.42 Å². The van der Waals surface area contributed by atoms with Crippen LogP contribution in [0.3, 0.4) is 0 Å². The van der Waals surface area contributed by atoms with Gasteiger partial charge in [-0.3, -0.25) is 0 Å². The maximum atomic E-state index is 12.5. The molecule has 2 unspecified atom stereocenters. The first kappa shape index (κ1) is 17.2. The van der Waals surface area contributed by atoms with E-state index >= 15 is 0 Å². The first-order valence-electron chi connectivity index (χ1n) is 9.04. The molecule has 2 amide bonds. The topological polar surface area (TPSA) is 70.6 Å². The van der Waals surface area contributed by atoms with Crippen LogP contribution in [0.5, 0.6) is 0 Å². The number of urea groups is 1. The monoisotopic (exact) mass is 332 g/mol. The highest BCUT2D eigenvalue weighted by Gasteiger charge is 2.41. The molecule has 1 aliphatic heterocycles. The highest BCUT2D eigenvalue weighted by molar-refractivity contribution is 5.75. The summed E-state index contributed by atoms with van der Waals surface area (Å²) in [5.41, 5.74) is 0.787. The van der Waals surface area contributed by atoms with Crippen LogP contribution in [-0.4, -0.2) is 37.0 Å². The van der Waals surface area contributed by atoms with Gasteiger partial charge in [-0.1, -0.05) is 49.6 Å². The van der Waals surface area contributed by atoms with Crippen LogP contribution in [0.2, 0.25) is 0 Å². The van der Waals surface area contributed by atoms with E-state index in [2.05, 4.69) is 10.6 Å². The maximum Gasteiger partial charge on any atom is 0.315 e. The van der Waals surface area contributed by atoms with Crippen molar-refractivity contribution >= 4 is 6.03 Å². The Bertz CT molecular complexity index is 523. The summed E-state index contributed by atoms with van der Waals surface area (Å²) in [6, 6.07) is 9.76. The van der Waals surface area contributed by atoms with Crippen LogP contribution in [0.4, 0.5) is 4.79 Å². The lowest BCUT2D eigenvalue weighted by atomic mass is 9.67. The molecule has 1 aromatic rings. The Morgan fingerprint density at radius 2 is 2.00 bits per heavy atom. The van der Waals surface area contributed by atoms with E-state index in [1.54, 1.807) is 0 Å². The quantitative estimate of drug-likeness (QED) is 0.776. The molecule has 132 valence electrons. The second-order valence-corrected chi connectivity index (χ2v) is 7.10. The van der Waals surface area contributed by atoms with Gasteiger partial charge in [-0.2, -0.15) is 0 Å². The molecule has 1 heterocycles. The second-order valence-electron chi connectivity index (χ2n) is 7.10. The van der Waals surface area contributed by atoms with Crippen LogP contribution in [0.15, 0.2) is 30.3 Å². The molecular formula is C19H28N2O3. The minimum atomic E-state index is -0.275. The standard InChI is InChI=1S/C19H28N2O3/c22-14-19(10-5-2-6-11-19)17(15-7-3-1-4-8-15)21-18(23)20-16-9-12-24-13-16/h1,3-4,7-8,16-17,22H,2,5-6,9-14H2,(H2,20,21,23). The molecule has 5 nitrogen and oxygen atoms in total. The Morgan fingerprint density at radius 3 is 2.62 bits per heavy atom. The minimum absolute atomic E-state index is 0.0813. The lowest BCUT2D eigenvalue weighted by Crippen LogP contribution is -2.50. The highest BCUT2D eigenvalue weighted by atomic mass is 16.5. The van der Waals surface area contributed by atoms with Crippen molar-refractivity contribution in [3.63, 3.8) is 0 Å². The van der Waals surface area contributed by atoms with Crippen molar-refractivity contribution < 1.29 is 14.6 Å². The number of hydrogen-bond acceptors (Lipinski definition) is 3. The van der Waals surface area contributed by atoms with Gasteiger partial charge in [0.05, 0.1) is 25.3 Å². The number of benzene rings is 1. The zero-order chi connectivity index (χ0) is 16.8. The normalized spacial score (nSPS) is 24.3. The summed E-state index contributed by atoms with van der Waals surface area (Å²) in [4.78, 5) is 12.5. The molecule has 1 saturated heterocycles. The average molecular weight is 332 g/mol. The van der Waals surface area contributed by atoms with Gasteiger partial charge in [0.1, 0.15) is 0 Å². The maximum absolute atomic E-state index is 12.5. The van der Waals surface area contributed by atoms with Gasteiger partial charge >= 0.3 is 6.03 Å². The molecule has 0 aromatic heterocycles. The highest BCUT2D eigenvalue weighted by Crippen LogP contribution is 2.45. The predicted molar refractivity (Wildman–Crippen MR) is 92.7 cm³/mol. The van der Waals surface area contributed by atoms with E-state index in [1.807, 2.05) is 30.3 Å². The summed E-state index contributed by atoms with van der Waals surface area (Å²) in [7, 11) is 0. The van der Waals surface area contributed by atoms with Crippen molar-refractivity contribution in [3.05, 3.63) is 35.9 Å². The molecule has 0 bridgehead atoms. The van der Waals surface area contributed by atoms with Gasteiger partial charge in [-0.05, 0) is 24.8 Å². The molecule has 3 rings (SSSR count). The van der Waals surface area contributed by atoms with Crippen molar-refractivity contribution in [2.24, 2.45) is 5.41 Å². The van der Waals surface area contributed by atoms with Crippen molar-refractivity contribution in [3.8, 4) is 0 Å². The van der Waals surface area contributed by atoms with E-state index in [0.717, 1.165) is 37.7 Å². The van der Waals surface area contributed by atoms with Gasteiger partial charge in [0, 0.05) is 12.0 Å². The number of hydrogen-bond donors (Lipinski definition) is 3. The molecule has 2 atom stereocenters. The summed E-state index contributed by atoms with van der Waals surface area (Å²) >= 11 is 0. The Balaban J connectivity index is 1.77. The van der Waals surface area contributed by atoms with Crippen LogP contribution in [0.1, 0.15) is 50.1 Å². The van der Waals surface area contributed by atoms with Crippen molar-refractivity contribution in [2.45, 2.75) is 50.6 Å². The SMILES string of the molecule is O=C(NC1CCOC1)NC(c1ccccc1)C1(CO)CCCCC1. The van der Waals surface area contributed by atoms with Crippen molar-refractivity contribution in [1.29, 1.82) is 0 Å². The summed E-state index contributed by atoms with van der Waals surface area (Å²) in [5, 5.41) is 16.3. The fourth-order valence-electron chi connectivity index (χ4n) is 4.04. The Labute approximate surface area is 143 Å². The number of aliphatic hydroxyl groups is 1. The number of carbonyl (C=O) groups is 1. The number of rotatable bonds is 5. The summed E-state index contributed by atoms with van der Waals surface area (Å²) in [5.74, 6) is 0. The van der Waals surface area contributed by atoms with Gasteiger partial charge in [0.25, 0.3) is 0 Å². The van der Waals surface area contributed by atoms with E-state index in [9.17, 15) is 9.90 Å². The molecule has 1 aliphatic carbocycles. The molecule has 24 heavy (non-hydrogen) atoms. The van der Waals surface area contributed by atoms with Crippen LogP contribution in [0, 0.1) is 5.41 Å². The Morgan fingerprint density at radius 1 is 1.25 bits per heavy atom. The van der Waals surface area contributed by atoms with Gasteiger partial charge in [-0.25, -0.2) is 4.79 Å². The lowest BCUT2D eigenvalue weighted by Gasteiger charge is -2.43. The number of carbonyl (C=O) groups excluding carboxylic acids is 1. The van der Waals surface area contributed by atoms with Gasteiger partial charge in [-0.15, -0.1) is 0 Å². The second kappa shape index (κ2) is 7.99. The third-order valence-corrected chi connectivity index (χ3v) is 5.45. The molecule has 2 aliphatic rings. The Hall–Kier alpha value is -1.59. The van der Waals surface area contributed by atoms with Crippen molar-refractivity contribution in [1.82, 2.24) is 10.6 Å². The van der Waals surface area contributed by atoms with Crippen LogP contribution < -0.4 is 10.6 Å². The minimum Gasteiger partial charge on any atom is -0.396 e. The van der Waals surface area contributed by atoms with Gasteiger partial charge < -0.3 is 20.5 Å². The van der Waals surface area contributed by atoms with Gasteiger partial charge in [0.2, 0.25) is 0 Å². The molecule has 0 radical (unpaired) electrons. The zero-order valence-electron chi connectivity index (χ0n) is 14.2. The third kappa shape index (κ3) is 3.90. The van der Waals surface area contributed by atoms with Crippen molar-refractivity contribution in [2.75, 3.05) is 19.8 Å². The molecule has 1 saturated carbocycles. The third-order valence-electron chi connectivity index (χ3n) is 5.45. The van der Waals surface area contributed by atoms with Crippen LogP contribution >= 0.6 is 0 Å². The summed E-state index contributed by atoms with van der Waals surface area (Å²) in [6.07, 6.45) is 6.14. The zero-order valence-corrected chi connectivity index (χ0v) is 14.2. The van der Waals surface area contributed by atoms with E-state index in [0.29, 0.717) is 13.2 Å². The lowest BCUT2D eigenvalue weighted by molar-refractivity contribution is 0.0453. The fourth-order valence-corrected chi connectivity index (χ4v) is 4.04. The molecule has 3 N–H and O–H groups in total. The number of nitrogens with one attached hydrogen (secondary N) is 2. The van der Waals surface area contributed by atoms with Crippen LogP contribution in [0.25, 0.3) is 0 Å². The summed E-state index contributed by atoms with van der Waals surface area (Å²) < 4.78 is 5.32. The Kier molecular flexibility index (Phi) is 5.74. The molecule has 0 spiro atoms. The molecule has 2 fully saturated rings.